The molecule has 0 fully saturated rings. The topological polar surface area (TPSA) is 80.7 Å². The van der Waals surface area contributed by atoms with Gasteiger partial charge in [-0.1, -0.05) is 35.3 Å². The predicted molar refractivity (Wildman–Crippen MR) is 102 cm³/mol. The van der Waals surface area contributed by atoms with Crippen LogP contribution in [0.3, 0.4) is 0 Å². The zero-order valence-corrected chi connectivity index (χ0v) is 14.9. The minimum atomic E-state index is -0.480. The summed E-state index contributed by atoms with van der Waals surface area (Å²) in [4.78, 5) is 10.4. The highest BCUT2D eigenvalue weighted by molar-refractivity contribution is 6.33. The molecule has 6 nitrogen and oxygen atoms in total. The fourth-order valence-corrected chi connectivity index (χ4v) is 2.57. The number of benzene rings is 2. The summed E-state index contributed by atoms with van der Waals surface area (Å²) in [5.41, 5.74) is 4.34. The molecule has 3 rings (SSSR count). The van der Waals surface area contributed by atoms with Gasteiger partial charge in [-0.3, -0.25) is 10.1 Å². The van der Waals surface area contributed by atoms with Crippen molar-refractivity contribution in [1.29, 1.82) is 0 Å². The van der Waals surface area contributed by atoms with E-state index in [2.05, 4.69) is 10.5 Å². The van der Waals surface area contributed by atoms with Gasteiger partial charge in [-0.05, 0) is 35.9 Å². The van der Waals surface area contributed by atoms with Crippen molar-refractivity contribution in [3.8, 4) is 11.3 Å². The van der Waals surface area contributed by atoms with Crippen molar-refractivity contribution in [2.45, 2.75) is 6.54 Å². The fourth-order valence-electron chi connectivity index (χ4n) is 2.23. The zero-order chi connectivity index (χ0) is 18.5. The number of non-ortho nitro benzene ring substituents is 1. The first-order valence-electron chi connectivity index (χ1n) is 7.57. The number of nitro groups is 1. The van der Waals surface area contributed by atoms with E-state index < -0.39 is 4.92 Å². The molecule has 0 aliphatic heterocycles. The Labute approximate surface area is 159 Å². The van der Waals surface area contributed by atoms with Crippen molar-refractivity contribution >= 4 is 35.1 Å². The average Bonchev–Trinajstić information content (AvgIpc) is 3.09. The van der Waals surface area contributed by atoms with E-state index in [0.717, 1.165) is 5.56 Å². The lowest BCUT2D eigenvalue weighted by molar-refractivity contribution is -0.384. The summed E-state index contributed by atoms with van der Waals surface area (Å²) in [5.74, 6) is 0.920. The molecule has 0 aliphatic rings. The largest absolute Gasteiger partial charge is 0.455 e. The van der Waals surface area contributed by atoms with E-state index in [1.807, 2.05) is 24.3 Å². The van der Waals surface area contributed by atoms with Gasteiger partial charge >= 0.3 is 0 Å². The molecule has 0 bridgehead atoms. The number of nitro benzene ring substituents is 1. The summed E-state index contributed by atoms with van der Waals surface area (Å²) >= 11 is 11.9. The van der Waals surface area contributed by atoms with Crippen molar-refractivity contribution in [3.63, 3.8) is 0 Å². The first-order valence-corrected chi connectivity index (χ1v) is 8.33. The smallest absolute Gasteiger partial charge is 0.270 e. The van der Waals surface area contributed by atoms with Gasteiger partial charge in [0.25, 0.3) is 5.69 Å². The van der Waals surface area contributed by atoms with E-state index >= 15 is 0 Å². The minimum absolute atomic E-state index is 0.0550. The van der Waals surface area contributed by atoms with Gasteiger partial charge in [0.15, 0.2) is 0 Å². The third-order valence-electron chi connectivity index (χ3n) is 3.53. The molecule has 0 atom stereocenters. The SMILES string of the molecule is O=[N+]([O-])c1ccc(Cl)c(-c2ccc(/C=N\NCc3ccc(Cl)cc3)o2)c1. The average molecular weight is 390 g/mol. The molecule has 132 valence electrons. The number of rotatable bonds is 6. The molecular weight excluding hydrogens is 377 g/mol. The second-order valence-electron chi connectivity index (χ2n) is 5.34. The molecule has 0 aliphatic carbocycles. The Hall–Kier alpha value is -2.83. The van der Waals surface area contributed by atoms with E-state index in [-0.39, 0.29) is 5.69 Å². The molecule has 0 amide bonds. The van der Waals surface area contributed by atoms with Crippen LogP contribution in [-0.2, 0) is 6.54 Å². The van der Waals surface area contributed by atoms with E-state index in [4.69, 9.17) is 27.6 Å². The van der Waals surface area contributed by atoms with Crippen molar-refractivity contribution < 1.29 is 9.34 Å². The third kappa shape index (κ3) is 4.41. The number of halogens is 2. The van der Waals surface area contributed by atoms with E-state index in [0.29, 0.717) is 33.7 Å². The quantitative estimate of drug-likeness (QED) is 0.353. The van der Waals surface area contributed by atoms with Gasteiger partial charge in [0, 0.05) is 22.7 Å². The number of hydrogen-bond donors (Lipinski definition) is 1. The van der Waals surface area contributed by atoms with Gasteiger partial charge in [-0.2, -0.15) is 5.10 Å². The number of furan rings is 1. The molecular formula is C18H13Cl2N3O3. The first kappa shape index (κ1) is 18.0. The lowest BCUT2D eigenvalue weighted by Gasteiger charge is -2.01. The predicted octanol–water partition coefficient (Wildman–Crippen LogP) is 5.29. The Bertz CT molecular complexity index is 953. The maximum absolute atomic E-state index is 10.9. The van der Waals surface area contributed by atoms with Crippen molar-refractivity contribution in [2.24, 2.45) is 5.10 Å². The maximum atomic E-state index is 10.9. The number of nitrogens with one attached hydrogen (secondary N) is 1. The normalized spacial score (nSPS) is 11.0. The van der Waals surface area contributed by atoms with Gasteiger partial charge in [0.05, 0.1) is 22.7 Å². The number of hydrazone groups is 1. The molecule has 1 N–H and O–H groups in total. The van der Waals surface area contributed by atoms with E-state index in [9.17, 15) is 10.1 Å². The molecule has 26 heavy (non-hydrogen) atoms. The Morgan fingerprint density at radius 2 is 1.88 bits per heavy atom. The van der Waals surface area contributed by atoms with Crippen LogP contribution < -0.4 is 5.43 Å². The summed E-state index contributed by atoms with van der Waals surface area (Å²) in [6, 6.07) is 15.0. The standard InChI is InChI=1S/C18H13Cl2N3O3/c19-13-3-1-12(2-4-13)10-21-22-11-15-6-8-18(26-15)16-9-14(23(24)25)5-7-17(16)20/h1-9,11,21H,10H2/b22-11-. The van der Waals surface area contributed by atoms with E-state index in [1.165, 1.54) is 24.4 Å². The maximum Gasteiger partial charge on any atom is 0.270 e. The molecule has 0 unspecified atom stereocenters. The second-order valence-corrected chi connectivity index (χ2v) is 6.19. The van der Waals surface area contributed by atoms with Crippen LogP contribution in [0.4, 0.5) is 5.69 Å². The summed E-state index contributed by atoms with van der Waals surface area (Å²) in [6.45, 7) is 0.540. The molecule has 1 heterocycles. The molecule has 0 radical (unpaired) electrons. The van der Waals surface area contributed by atoms with Gasteiger partial charge in [-0.25, -0.2) is 0 Å². The molecule has 0 saturated heterocycles. The van der Waals surface area contributed by atoms with Crippen LogP contribution in [0, 0.1) is 10.1 Å². The number of hydrogen-bond acceptors (Lipinski definition) is 5. The monoisotopic (exact) mass is 389 g/mol. The van der Waals surface area contributed by atoms with Crippen molar-refractivity contribution in [3.05, 3.63) is 86.1 Å². The molecule has 1 aromatic heterocycles. The van der Waals surface area contributed by atoms with Crippen LogP contribution in [0.2, 0.25) is 10.0 Å². The minimum Gasteiger partial charge on any atom is -0.455 e. The van der Waals surface area contributed by atoms with Crippen molar-refractivity contribution in [1.82, 2.24) is 5.43 Å². The Morgan fingerprint density at radius 1 is 1.12 bits per heavy atom. The van der Waals surface area contributed by atoms with Gasteiger partial charge in [-0.15, -0.1) is 0 Å². The Kier molecular flexibility index (Phi) is 5.55. The second kappa shape index (κ2) is 8.03. The highest BCUT2D eigenvalue weighted by atomic mass is 35.5. The van der Waals surface area contributed by atoms with Crippen LogP contribution in [0.5, 0.6) is 0 Å². The van der Waals surface area contributed by atoms with Crippen molar-refractivity contribution in [2.75, 3.05) is 0 Å². The van der Waals surface area contributed by atoms with Crippen LogP contribution in [-0.4, -0.2) is 11.1 Å². The number of nitrogens with zero attached hydrogens (tertiary/aromatic N) is 2. The molecule has 0 saturated carbocycles. The highest BCUT2D eigenvalue weighted by Gasteiger charge is 2.14. The Morgan fingerprint density at radius 3 is 2.62 bits per heavy atom. The summed E-state index contributed by atoms with van der Waals surface area (Å²) in [6.07, 6.45) is 1.52. The fraction of sp³-hybridized carbons (Fsp3) is 0.0556. The van der Waals surface area contributed by atoms with E-state index in [1.54, 1.807) is 12.1 Å². The third-order valence-corrected chi connectivity index (χ3v) is 4.11. The summed E-state index contributed by atoms with van der Waals surface area (Å²) in [5, 5.41) is 16.0. The molecule has 2 aromatic carbocycles. The van der Waals surface area contributed by atoms with Gasteiger partial charge < -0.3 is 9.84 Å². The van der Waals surface area contributed by atoms with Crippen LogP contribution in [0.1, 0.15) is 11.3 Å². The summed E-state index contributed by atoms with van der Waals surface area (Å²) < 4.78 is 5.64. The van der Waals surface area contributed by atoms with Gasteiger partial charge in [0.1, 0.15) is 11.5 Å². The lowest BCUT2D eigenvalue weighted by atomic mass is 10.1. The van der Waals surface area contributed by atoms with Crippen LogP contribution >= 0.6 is 23.2 Å². The summed E-state index contributed by atoms with van der Waals surface area (Å²) in [7, 11) is 0. The lowest BCUT2D eigenvalue weighted by Crippen LogP contribution is -2.05. The Balaban J connectivity index is 1.67. The van der Waals surface area contributed by atoms with Crippen LogP contribution in [0.25, 0.3) is 11.3 Å². The zero-order valence-electron chi connectivity index (χ0n) is 13.4. The van der Waals surface area contributed by atoms with Gasteiger partial charge in [0.2, 0.25) is 0 Å². The highest BCUT2D eigenvalue weighted by Crippen LogP contribution is 2.32. The molecule has 3 aromatic rings. The van der Waals surface area contributed by atoms with Crippen LogP contribution in [0.15, 0.2) is 64.1 Å². The first-order chi connectivity index (χ1) is 12.5. The molecule has 8 heteroatoms. The molecule has 0 spiro atoms.